The molecule has 1 aromatic carbocycles. The van der Waals surface area contributed by atoms with E-state index < -0.39 is 11.3 Å². The van der Waals surface area contributed by atoms with Crippen LogP contribution in [0, 0.1) is 0 Å². The predicted octanol–water partition coefficient (Wildman–Crippen LogP) is -0.114. The van der Waals surface area contributed by atoms with Crippen molar-refractivity contribution < 1.29 is 13.9 Å². The highest BCUT2D eigenvalue weighted by Crippen LogP contribution is 2.18. The lowest BCUT2D eigenvalue weighted by Gasteiger charge is -2.13. The van der Waals surface area contributed by atoms with E-state index in [9.17, 15) is 8.76 Å². The van der Waals surface area contributed by atoms with Gasteiger partial charge in [0, 0.05) is 16.8 Å². The van der Waals surface area contributed by atoms with Gasteiger partial charge in [0.15, 0.2) is 0 Å². The Hall–Kier alpha value is -0.950. The lowest BCUT2D eigenvalue weighted by molar-refractivity contribution is 0.282. The third kappa shape index (κ3) is 3.60. The number of nitrogens with one attached hydrogen (secondary N) is 1. The molecule has 0 aliphatic heterocycles. The summed E-state index contributed by atoms with van der Waals surface area (Å²) in [5.74, 6) is 0. The molecule has 0 aromatic heterocycles. The Bertz CT molecular complexity index is 357. The van der Waals surface area contributed by atoms with E-state index in [1.54, 1.807) is 12.1 Å². The van der Waals surface area contributed by atoms with Gasteiger partial charge in [0.05, 0.1) is 12.3 Å². The second kappa shape index (κ2) is 5.82. The number of nitrogens with two attached hydrogens (primary N) is 1. The van der Waals surface area contributed by atoms with E-state index in [4.69, 9.17) is 10.8 Å². The zero-order chi connectivity index (χ0) is 11.3. The Kier molecular flexibility index (Phi) is 4.70. The largest absolute Gasteiger partial charge is 0.755 e. The lowest BCUT2D eigenvalue weighted by atomic mass is 10.1. The molecule has 1 aromatic rings. The van der Waals surface area contributed by atoms with Gasteiger partial charge in [-0.25, -0.2) is 0 Å². The van der Waals surface area contributed by atoms with Crippen LogP contribution in [0.15, 0.2) is 18.2 Å². The van der Waals surface area contributed by atoms with Crippen molar-refractivity contribution in [2.45, 2.75) is 13.0 Å². The number of aliphatic hydroxyl groups excluding tert-OH is 1. The van der Waals surface area contributed by atoms with Crippen molar-refractivity contribution >= 4 is 17.0 Å². The molecule has 0 saturated carbocycles. The standard InChI is InChI=1S/C9H14N2O3S/c10-4-3-7-1-2-8(6-12)9(5-7)11-15(13)14/h1-2,5,11-12H,3-4,6,10H2,(H,13,14)/p-1. The average Bonchev–Trinajstić information content (AvgIpc) is 2.18. The van der Waals surface area contributed by atoms with Crippen molar-refractivity contribution in [1.29, 1.82) is 0 Å². The van der Waals surface area contributed by atoms with Gasteiger partial charge in [0.1, 0.15) is 0 Å². The van der Waals surface area contributed by atoms with Gasteiger partial charge in [-0.15, -0.1) is 0 Å². The number of anilines is 1. The summed E-state index contributed by atoms with van der Waals surface area (Å²) in [6.45, 7) is 0.292. The molecular formula is C9H13N2O3S-. The smallest absolute Gasteiger partial charge is 0.0702 e. The third-order valence-electron chi connectivity index (χ3n) is 1.97. The van der Waals surface area contributed by atoms with Crippen LogP contribution in [0.4, 0.5) is 5.69 Å². The zero-order valence-electron chi connectivity index (χ0n) is 8.10. The third-order valence-corrected chi connectivity index (χ3v) is 2.36. The second-order valence-electron chi connectivity index (χ2n) is 3.03. The van der Waals surface area contributed by atoms with Gasteiger partial charge in [-0.05, 0) is 24.6 Å². The van der Waals surface area contributed by atoms with Gasteiger partial charge >= 0.3 is 0 Å². The van der Waals surface area contributed by atoms with Crippen LogP contribution in [0.3, 0.4) is 0 Å². The molecule has 1 unspecified atom stereocenters. The molecule has 4 N–H and O–H groups in total. The van der Waals surface area contributed by atoms with Crippen molar-refractivity contribution in [2.75, 3.05) is 11.3 Å². The number of rotatable bonds is 5. The monoisotopic (exact) mass is 229 g/mol. The summed E-state index contributed by atoms with van der Waals surface area (Å²) in [4.78, 5) is 0. The Morgan fingerprint density at radius 3 is 2.80 bits per heavy atom. The van der Waals surface area contributed by atoms with Crippen LogP contribution in [0.25, 0.3) is 0 Å². The van der Waals surface area contributed by atoms with E-state index in [2.05, 4.69) is 4.72 Å². The first-order valence-corrected chi connectivity index (χ1v) is 5.53. The SMILES string of the molecule is NCCc1ccc(CO)c(NS(=O)[O-])c1. The van der Waals surface area contributed by atoms with Crippen molar-refractivity contribution in [3.63, 3.8) is 0 Å². The summed E-state index contributed by atoms with van der Waals surface area (Å²) in [5.41, 5.74) is 7.27. The van der Waals surface area contributed by atoms with Gasteiger partial charge in [0.25, 0.3) is 0 Å². The number of benzene rings is 1. The summed E-state index contributed by atoms with van der Waals surface area (Å²) in [5, 5.41) is 8.99. The molecule has 6 heteroatoms. The number of aliphatic hydroxyl groups is 1. The van der Waals surface area contributed by atoms with Crippen LogP contribution in [0.2, 0.25) is 0 Å². The molecule has 0 saturated heterocycles. The van der Waals surface area contributed by atoms with E-state index >= 15 is 0 Å². The van der Waals surface area contributed by atoms with E-state index in [1.165, 1.54) is 0 Å². The fraction of sp³-hybridized carbons (Fsp3) is 0.333. The minimum absolute atomic E-state index is 0.206. The summed E-state index contributed by atoms with van der Waals surface area (Å²) in [6.07, 6.45) is 0.673. The minimum atomic E-state index is -2.38. The second-order valence-corrected chi connectivity index (χ2v) is 3.70. The number of hydrogen-bond donors (Lipinski definition) is 3. The molecule has 0 amide bonds. The lowest BCUT2D eigenvalue weighted by Crippen LogP contribution is -2.07. The molecule has 0 radical (unpaired) electrons. The zero-order valence-corrected chi connectivity index (χ0v) is 8.92. The first kappa shape index (κ1) is 12.1. The van der Waals surface area contributed by atoms with Gasteiger partial charge < -0.3 is 20.1 Å². The van der Waals surface area contributed by atoms with Crippen molar-refractivity contribution in [2.24, 2.45) is 5.73 Å². The maximum atomic E-state index is 10.5. The molecule has 0 spiro atoms. The summed E-state index contributed by atoms with van der Waals surface area (Å²) < 4.78 is 23.2. The normalized spacial score (nSPS) is 12.5. The Labute approximate surface area is 90.7 Å². The molecule has 15 heavy (non-hydrogen) atoms. The van der Waals surface area contributed by atoms with E-state index in [-0.39, 0.29) is 6.61 Å². The average molecular weight is 229 g/mol. The first-order chi connectivity index (χ1) is 7.17. The maximum Gasteiger partial charge on any atom is 0.0702 e. The molecule has 0 heterocycles. The molecule has 1 rings (SSSR count). The molecule has 5 nitrogen and oxygen atoms in total. The quantitative estimate of drug-likeness (QED) is 0.613. The van der Waals surface area contributed by atoms with E-state index in [0.29, 0.717) is 24.2 Å². The van der Waals surface area contributed by atoms with Crippen LogP contribution in [0.5, 0.6) is 0 Å². The highest BCUT2D eigenvalue weighted by Gasteiger charge is 2.02. The van der Waals surface area contributed by atoms with Crippen LogP contribution in [-0.4, -0.2) is 20.4 Å². The molecule has 0 aliphatic carbocycles. The maximum absolute atomic E-state index is 10.5. The van der Waals surface area contributed by atoms with E-state index in [1.807, 2.05) is 6.07 Å². The summed E-state index contributed by atoms with van der Waals surface area (Å²) >= 11 is -2.38. The highest BCUT2D eigenvalue weighted by molar-refractivity contribution is 7.80. The van der Waals surface area contributed by atoms with Gasteiger partial charge in [-0.2, -0.15) is 0 Å². The van der Waals surface area contributed by atoms with Crippen molar-refractivity contribution in [3.05, 3.63) is 29.3 Å². The van der Waals surface area contributed by atoms with Crippen LogP contribution < -0.4 is 10.5 Å². The molecular weight excluding hydrogens is 216 g/mol. The highest BCUT2D eigenvalue weighted by atomic mass is 32.2. The van der Waals surface area contributed by atoms with Gasteiger partial charge in [-0.3, -0.25) is 4.21 Å². The van der Waals surface area contributed by atoms with Crippen LogP contribution in [0.1, 0.15) is 11.1 Å². The topological polar surface area (TPSA) is 98.4 Å². The molecule has 84 valence electrons. The van der Waals surface area contributed by atoms with E-state index in [0.717, 1.165) is 5.56 Å². The number of hydrogen-bond acceptors (Lipinski definition) is 4. The summed E-state index contributed by atoms with van der Waals surface area (Å²) in [6, 6.07) is 5.17. The fourth-order valence-electron chi connectivity index (χ4n) is 1.27. The minimum Gasteiger partial charge on any atom is -0.755 e. The Morgan fingerprint density at radius 1 is 1.53 bits per heavy atom. The Morgan fingerprint density at radius 2 is 2.27 bits per heavy atom. The first-order valence-electron chi connectivity index (χ1n) is 4.46. The molecule has 0 bridgehead atoms. The predicted molar refractivity (Wildman–Crippen MR) is 57.7 cm³/mol. The molecule has 0 aliphatic rings. The molecule has 1 atom stereocenters. The Balaban J connectivity index is 2.96. The van der Waals surface area contributed by atoms with Crippen molar-refractivity contribution in [1.82, 2.24) is 0 Å². The van der Waals surface area contributed by atoms with Crippen LogP contribution >= 0.6 is 0 Å². The van der Waals surface area contributed by atoms with Crippen molar-refractivity contribution in [3.8, 4) is 0 Å². The van der Waals surface area contributed by atoms with Gasteiger partial charge in [0.2, 0.25) is 0 Å². The van der Waals surface area contributed by atoms with Gasteiger partial charge in [-0.1, -0.05) is 12.1 Å². The van der Waals surface area contributed by atoms with Crippen LogP contribution in [-0.2, 0) is 24.3 Å². The fourth-order valence-corrected chi connectivity index (χ4v) is 1.64. The summed E-state index contributed by atoms with van der Waals surface area (Å²) in [7, 11) is 0. The molecule has 0 fully saturated rings.